The number of rotatable bonds is 12. The first kappa shape index (κ1) is 23.3. The third-order valence-electron chi connectivity index (χ3n) is 5.03. The molecule has 0 aromatic rings. The molecule has 0 aromatic heterocycles. The van der Waals surface area contributed by atoms with E-state index in [2.05, 4.69) is 20.8 Å². The minimum absolute atomic E-state index is 0.126. The fraction of sp³-hybridized carbons (Fsp3) is 0.889. The Morgan fingerprint density at radius 2 is 1.54 bits per heavy atom. The van der Waals surface area contributed by atoms with Gasteiger partial charge in [-0.05, 0) is 0 Å². The average molecular weight is 364 g/mol. The molecule has 0 amide bonds. The van der Waals surface area contributed by atoms with Crippen LogP contribution < -0.4 is 0 Å². The topological polar surface area (TPSA) is 72.8 Å². The van der Waals surface area contributed by atoms with E-state index in [-0.39, 0.29) is 24.1 Å². The average Bonchev–Trinajstić information content (AvgIpc) is 2.51. The van der Waals surface area contributed by atoms with E-state index in [1.54, 1.807) is 6.92 Å². The molecule has 0 saturated carbocycles. The van der Waals surface area contributed by atoms with Crippen molar-refractivity contribution in [2.75, 3.05) is 24.6 Å². The maximum atomic E-state index is 12.3. The summed E-state index contributed by atoms with van der Waals surface area (Å²) >= 11 is 0. The number of hydrogen-bond acceptors (Lipinski definition) is 5. The number of hydrogen-bond donors (Lipinski definition) is 1. The molecule has 0 aliphatic heterocycles. The van der Waals surface area contributed by atoms with E-state index in [4.69, 9.17) is 9.47 Å². The van der Waals surface area contributed by atoms with Gasteiger partial charge >= 0.3 is 147 Å². The van der Waals surface area contributed by atoms with Crippen LogP contribution in [0.2, 0.25) is 0 Å². The minimum atomic E-state index is -1.54. The molecule has 6 heteroatoms. The van der Waals surface area contributed by atoms with Crippen LogP contribution in [-0.2, 0) is 19.1 Å². The van der Waals surface area contributed by atoms with Crippen molar-refractivity contribution in [3.63, 3.8) is 0 Å². The van der Waals surface area contributed by atoms with Crippen LogP contribution in [0.15, 0.2) is 0 Å². The Labute approximate surface area is 147 Å². The van der Waals surface area contributed by atoms with Crippen LogP contribution in [0, 0.1) is 0 Å². The molecule has 0 aliphatic carbocycles. The summed E-state index contributed by atoms with van der Waals surface area (Å²) in [6.45, 7) is 11.6. The van der Waals surface area contributed by atoms with Gasteiger partial charge < -0.3 is 0 Å². The van der Waals surface area contributed by atoms with Crippen molar-refractivity contribution in [3.8, 4) is 0 Å². The van der Waals surface area contributed by atoms with E-state index < -0.39 is 13.4 Å². The summed E-state index contributed by atoms with van der Waals surface area (Å²) in [5.74, 6) is -0.479. The van der Waals surface area contributed by atoms with Gasteiger partial charge in [-0.1, -0.05) is 0 Å². The predicted molar refractivity (Wildman–Crippen MR) is 101 cm³/mol. The molecule has 0 heterocycles. The molecule has 0 rings (SSSR count). The molecular weight excluding hydrogens is 327 g/mol. The van der Waals surface area contributed by atoms with E-state index in [1.165, 1.54) is 6.92 Å². The van der Waals surface area contributed by atoms with Crippen molar-refractivity contribution < 1.29 is 24.2 Å². The van der Waals surface area contributed by atoms with Crippen LogP contribution >= 0.6 is 7.26 Å². The molecule has 0 bridgehead atoms. The zero-order chi connectivity index (χ0) is 18.8. The van der Waals surface area contributed by atoms with Gasteiger partial charge in [-0.25, -0.2) is 0 Å². The van der Waals surface area contributed by atoms with E-state index in [9.17, 15) is 14.7 Å². The second-order valence-corrected chi connectivity index (χ2v) is 12.3. The molecular formula is C18H37O5P. The maximum absolute atomic E-state index is 12.3. The standard InChI is InChI=1S/C18H37O5P/c1-7-17(12-16(20)11-14(5)22-15(6)19)23-18(21)13-24(8-2,9-3)10-4/h14,16-17,20,24H,7-13H2,1-6H3. The van der Waals surface area contributed by atoms with Crippen LogP contribution in [0.1, 0.15) is 60.8 Å². The summed E-state index contributed by atoms with van der Waals surface area (Å²) in [7, 11) is -1.54. The fourth-order valence-electron chi connectivity index (χ4n) is 3.07. The van der Waals surface area contributed by atoms with Gasteiger partial charge in [0.1, 0.15) is 0 Å². The second-order valence-electron chi connectivity index (χ2n) is 6.80. The SMILES string of the molecule is CCC(CC(O)CC(C)OC(C)=O)OC(=O)C[PH](CC)(CC)CC. The van der Waals surface area contributed by atoms with Crippen molar-refractivity contribution in [2.45, 2.75) is 79.1 Å². The van der Waals surface area contributed by atoms with Crippen molar-refractivity contribution in [2.24, 2.45) is 0 Å². The Hall–Kier alpha value is -0.670. The molecule has 144 valence electrons. The van der Waals surface area contributed by atoms with E-state index >= 15 is 0 Å². The van der Waals surface area contributed by atoms with Crippen LogP contribution in [0.3, 0.4) is 0 Å². The van der Waals surface area contributed by atoms with Crippen molar-refractivity contribution in [1.82, 2.24) is 0 Å². The summed E-state index contributed by atoms with van der Waals surface area (Å²) in [5, 5.41) is 10.1. The Kier molecular flexibility index (Phi) is 11.5. The summed E-state index contributed by atoms with van der Waals surface area (Å²) in [5.41, 5.74) is 0. The molecule has 24 heavy (non-hydrogen) atoms. The van der Waals surface area contributed by atoms with Crippen molar-refractivity contribution in [3.05, 3.63) is 0 Å². The summed E-state index contributed by atoms with van der Waals surface area (Å²) < 4.78 is 10.6. The summed E-state index contributed by atoms with van der Waals surface area (Å²) in [4.78, 5) is 23.2. The molecule has 0 spiro atoms. The number of aliphatic hydroxyl groups is 1. The number of esters is 2. The van der Waals surface area contributed by atoms with Crippen molar-refractivity contribution >= 4 is 19.2 Å². The van der Waals surface area contributed by atoms with Gasteiger partial charge in [0.05, 0.1) is 0 Å². The van der Waals surface area contributed by atoms with Crippen LogP contribution in [0.4, 0.5) is 0 Å². The number of ether oxygens (including phenoxy) is 2. The van der Waals surface area contributed by atoms with Gasteiger partial charge in [-0.3, -0.25) is 0 Å². The predicted octanol–water partition coefficient (Wildman–Crippen LogP) is 3.21. The summed E-state index contributed by atoms with van der Waals surface area (Å²) in [6, 6.07) is 0. The van der Waals surface area contributed by atoms with Crippen LogP contribution in [0.5, 0.6) is 0 Å². The third-order valence-corrected chi connectivity index (χ3v) is 10.6. The quantitative estimate of drug-likeness (QED) is 0.425. The molecule has 0 saturated heterocycles. The Bertz CT molecular complexity index is 373. The third kappa shape index (κ3) is 8.98. The molecule has 1 N–H and O–H groups in total. The number of carbonyl (C=O) groups excluding carboxylic acids is 2. The van der Waals surface area contributed by atoms with Crippen LogP contribution in [-0.4, -0.2) is 60.0 Å². The van der Waals surface area contributed by atoms with E-state index in [0.29, 0.717) is 25.4 Å². The van der Waals surface area contributed by atoms with Crippen LogP contribution in [0.25, 0.3) is 0 Å². The zero-order valence-corrected chi connectivity index (χ0v) is 17.3. The molecule has 0 aliphatic rings. The molecule has 0 fully saturated rings. The van der Waals surface area contributed by atoms with Gasteiger partial charge in [0.15, 0.2) is 0 Å². The zero-order valence-electron chi connectivity index (χ0n) is 16.3. The molecule has 0 aromatic carbocycles. The monoisotopic (exact) mass is 364 g/mol. The Morgan fingerprint density at radius 3 is 1.96 bits per heavy atom. The Morgan fingerprint density at radius 1 is 1.00 bits per heavy atom. The van der Waals surface area contributed by atoms with Crippen molar-refractivity contribution in [1.29, 1.82) is 0 Å². The summed E-state index contributed by atoms with van der Waals surface area (Å²) in [6.07, 6.45) is 3.97. The number of aliphatic hydroxyl groups excluding tert-OH is 1. The first-order chi connectivity index (χ1) is 11.2. The first-order valence-electron chi connectivity index (χ1n) is 9.26. The van der Waals surface area contributed by atoms with Gasteiger partial charge in [0.25, 0.3) is 0 Å². The molecule has 3 atom stereocenters. The van der Waals surface area contributed by atoms with Gasteiger partial charge in [0, 0.05) is 0 Å². The van der Waals surface area contributed by atoms with E-state index in [1.807, 2.05) is 6.92 Å². The molecule has 3 unspecified atom stereocenters. The second kappa shape index (κ2) is 11.8. The fourth-order valence-corrected chi connectivity index (χ4v) is 6.02. The van der Waals surface area contributed by atoms with Gasteiger partial charge in [-0.2, -0.15) is 0 Å². The normalized spacial score (nSPS) is 16.1. The van der Waals surface area contributed by atoms with Gasteiger partial charge in [0.2, 0.25) is 0 Å². The molecule has 5 nitrogen and oxygen atoms in total. The van der Waals surface area contributed by atoms with E-state index in [0.717, 1.165) is 18.5 Å². The Balaban J connectivity index is 4.49. The molecule has 0 radical (unpaired) electrons. The number of carbonyl (C=O) groups is 2. The first-order valence-corrected chi connectivity index (χ1v) is 12.1. The van der Waals surface area contributed by atoms with Gasteiger partial charge in [-0.15, -0.1) is 0 Å².